The molecule has 0 aromatic heterocycles. The van der Waals surface area contributed by atoms with Gasteiger partial charge in [-0.25, -0.2) is 0 Å². The number of hydrogen-bond donors (Lipinski definition) is 0. The van der Waals surface area contributed by atoms with Gasteiger partial charge in [0.05, 0.1) is 5.69 Å². The highest BCUT2D eigenvalue weighted by atomic mass is 15.1. The summed E-state index contributed by atoms with van der Waals surface area (Å²) < 4.78 is 0. The van der Waals surface area contributed by atoms with Gasteiger partial charge in [-0.1, -0.05) is 140 Å². The summed E-state index contributed by atoms with van der Waals surface area (Å²) in [7, 11) is 0. The Bertz CT molecular complexity index is 2540. The number of fused-ring (bicyclic) bond motifs is 7. The molecule has 210 valence electrons. The molecule has 0 aliphatic carbocycles. The normalized spacial score (nSPS) is 11.6. The van der Waals surface area contributed by atoms with Gasteiger partial charge >= 0.3 is 0 Å². The van der Waals surface area contributed by atoms with E-state index in [-0.39, 0.29) is 0 Å². The van der Waals surface area contributed by atoms with Crippen LogP contribution >= 0.6 is 0 Å². The highest BCUT2D eigenvalue weighted by molar-refractivity contribution is 6.15. The molecule has 9 rings (SSSR count). The number of rotatable bonds is 4. The van der Waals surface area contributed by atoms with Gasteiger partial charge in [0.15, 0.2) is 0 Å². The fourth-order valence-electron chi connectivity index (χ4n) is 6.95. The van der Waals surface area contributed by atoms with Crippen LogP contribution in [-0.2, 0) is 0 Å². The van der Waals surface area contributed by atoms with Gasteiger partial charge < -0.3 is 4.90 Å². The lowest BCUT2D eigenvalue weighted by molar-refractivity contribution is 1.31. The van der Waals surface area contributed by atoms with Crippen molar-refractivity contribution in [3.63, 3.8) is 0 Å². The van der Waals surface area contributed by atoms with Crippen molar-refractivity contribution in [1.29, 1.82) is 0 Å². The van der Waals surface area contributed by atoms with Crippen LogP contribution in [0.5, 0.6) is 0 Å². The molecule has 45 heavy (non-hydrogen) atoms. The minimum absolute atomic E-state index is 1.13. The van der Waals surface area contributed by atoms with E-state index in [1.165, 1.54) is 70.7 Å². The number of anilines is 3. The maximum Gasteiger partial charge on any atom is 0.0546 e. The Morgan fingerprint density at radius 3 is 1.56 bits per heavy atom. The first-order chi connectivity index (χ1) is 22.3. The zero-order chi connectivity index (χ0) is 29.7. The molecule has 0 bridgehead atoms. The average molecular weight is 572 g/mol. The van der Waals surface area contributed by atoms with Gasteiger partial charge in [0, 0.05) is 16.8 Å². The van der Waals surface area contributed by atoms with E-state index >= 15 is 0 Å². The van der Waals surface area contributed by atoms with Crippen molar-refractivity contribution in [2.24, 2.45) is 0 Å². The van der Waals surface area contributed by atoms with E-state index in [1.807, 2.05) is 0 Å². The lowest BCUT2D eigenvalue weighted by Gasteiger charge is -2.28. The second-order valence-corrected chi connectivity index (χ2v) is 11.8. The van der Waals surface area contributed by atoms with Crippen LogP contribution in [-0.4, -0.2) is 0 Å². The van der Waals surface area contributed by atoms with E-state index in [0.29, 0.717) is 0 Å². The van der Waals surface area contributed by atoms with Gasteiger partial charge in [0.1, 0.15) is 0 Å². The van der Waals surface area contributed by atoms with Crippen molar-refractivity contribution in [1.82, 2.24) is 0 Å². The van der Waals surface area contributed by atoms with Crippen molar-refractivity contribution < 1.29 is 0 Å². The quantitative estimate of drug-likeness (QED) is 0.190. The van der Waals surface area contributed by atoms with Crippen molar-refractivity contribution in [2.75, 3.05) is 4.90 Å². The average Bonchev–Trinajstić information content (AvgIpc) is 3.12. The molecule has 0 spiro atoms. The molecule has 0 fully saturated rings. The predicted molar refractivity (Wildman–Crippen MR) is 194 cm³/mol. The van der Waals surface area contributed by atoms with Crippen LogP contribution in [0, 0.1) is 0 Å². The first-order valence-electron chi connectivity index (χ1n) is 15.5. The molecule has 0 aliphatic heterocycles. The lowest BCUT2D eigenvalue weighted by Crippen LogP contribution is -2.10. The molecule has 1 heteroatoms. The fraction of sp³-hybridized carbons (Fsp3) is 0. The number of nitrogens with zero attached hydrogens (tertiary/aromatic N) is 1. The standard InChI is InChI=1S/C44H29N/c1-2-11-34-27-38(26-23-30(34)9-1)45(44-29-36-12-4-6-14-40(36)41-15-7-8-16-42(41)44)37-24-21-31(22-25-37)35-20-19-33-18-17-32-10-3-5-13-39(32)43(33)28-35/h1-29H. The molecular weight excluding hydrogens is 542 g/mol. The van der Waals surface area contributed by atoms with Crippen LogP contribution in [0.15, 0.2) is 176 Å². The molecule has 0 N–H and O–H groups in total. The third kappa shape index (κ3) is 4.32. The van der Waals surface area contributed by atoms with Crippen LogP contribution in [0.3, 0.4) is 0 Å². The van der Waals surface area contributed by atoms with E-state index in [2.05, 4.69) is 181 Å². The Kier molecular flexibility index (Phi) is 5.89. The molecule has 0 amide bonds. The van der Waals surface area contributed by atoms with Gasteiger partial charge in [-0.15, -0.1) is 0 Å². The van der Waals surface area contributed by atoms with Crippen LogP contribution in [0.2, 0.25) is 0 Å². The van der Waals surface area contributed by atoms with Crippen LogP contribution in [0.4, 0.5) is 17.1 Å². The van der Waals surface area contributed by atoms with E-state index in [9.17, 15) is 0 Å². The Morgan fingerprint density at radius 1 is 0.267 bits per heavy atom. The van der Waals surface area contributed by atoms with E-state index in [1.54, 1.807) is 0 Å². The van der Waals surface area contributed by atoms with Crippen molar-refractivity contribution in [2.45, 2.75) is 0 Å². The summed E-state index contributed by atoms with van der Waals surface area (Å²) in [6.45, 7) is 0. The topological polar surface area (TPSA) is 3.24 Å². The minimum Gasteiger partial charge on any atom is -0.310 e. The lowest BCUT2D eigenvalue weighted by atomic mass is 9.96. The monoisotopic (exact) mass is 571 g/mol. The molecule has 0 saturated heterocycles. The summed E-state index contributed by atoms with van der Waals surface area (Å²) in [6, 6.07) is 64.1. The SMILES string of the molecule is c1ccc2cc(N(c3ccc(-c4ccc5ccc6ccccc6c5c4)cc3)c3cc4ccccc4c4ccccc34)ccc2c1. The molecule has 0 saturated carbocycles. The van der Waals surface area contributed by atoms with Crippen LogP contribution < -0.4 is 4.90 Å². The van der Waals surface area contributed by atoms with Gasteiger partial charge in [0.2, 0.25) is 0 Å². The first-order valence-corrected chi connectivity index (χ1v) is 15.5. The summed E-state index contributed by atoms with van der Waals surface area (Å²) >= 11 is 0. The van der Waals surface area contributed by atoms with Gasteiger partial charge in [-0.05, 0) is 96.0 Å². The molecule has 0 atom stereocenters. The molecule has 0 heterocycles. The summed E-state index contributed by atoms with van der Waals surface area (Å²) in [5.74, 6) is 0. The Hall–Kier alpha value is -5.92. The molecule has 9 aromatic carbocycles. The smallest absolute Gasteiger partial charge is 0.0546 e. The number of benzene rings is 9. The molecule has 0 aliphatic rings. The third-order valence-electron chi connectivity index (χ3n) is 9.18. The zero-order valence-corrected chi connectivity index (χ0v) is 24.7. The van der Waals surface area contributed by atoms with E-state index in [0.717, 1.165) is 11.4 Å². The summed E-state index contributed by atoms with van der Waals surface area (Å²) in [4.78, 5) is 2.42. The van der Waals surface area contributed by atoms with Crippen molar-refractivity contribution in [3.8, 4) is 11.1 Å². The summed E-state index contributed by atoms with van der Waals surface area (Å²) in [5.41, 5.74) is 5.86. The second-order valence-electron chi connectivity index (χ2n) is 11.8. The van der Waals surface area contributed by atoms with Crippen molar-refractivity contribution in [3.05, 3.63) is 176 Å². The minimum atomic E-state index is 1.13. The van der Waals surface area contributed by atoms with Crippen molar-refractivity contribution >= 4 is 70.9 Å². The molecule has 9 aromatic rings. The maximum absolute atomic E-state index is 2.42. The first kappa shape index (κ1) is 25.6. The van der Waals surface area contributed by atoms with Gasteiger partial charge in [0.25, 0.3) is 0 Å². The van der Waals surface area contributed by atoms with Crippen LogP contribution in [0.1, 0.15) is 0 Å². The van der Waals surface area contributed by atoms with E-state index in [4.69, 9.17) is 0 Å². The largest absolute Gasteiger partial charge is 0.310 e. The van der Waals surface area contributed by atoms with E-state index < -0.39 is 0 Å². The van der Waals surface area contributed by atoms with Crippen LogP contribution in [0.25, 0.3) is 65.0 Å². The number of hydrogen-bond acceptors (Lipinski definition) is 1. The summed E-state index contributed by atoms with van der Waals surface area (Å²) in [5, 5.41) is 12.6. The molecule has 0 radical (unpaired) electrons. The molecular formula is C44H29N. The van der Waals surface area contributed by atoms with Gasteiger partial charge in [-0.3, -0.25) is 0 Å². The highest BCUT2D eigenvalue weighted by Gasteiger charge is 2.18. The maximum atomic E-state index is 2.42. The highest BCUT2D eigenvalue weighted by Crippen LogP contribution is 2.43. The Balaban J connectivity index is 1.23. The van der Waals surface area contributed by atoms with Gasteiger partial charge in [-0.2, -0.15) is 0 Å². The third-order valence-corrected chi connectivity index (χ3v) is 9.18. The zero-order valence-electron chi connectivity index (χ0n) is 24.7. The fourth-order valence-corrected chi connectivity index (χ4v) is 6.95. The molecule has 0 unspecified atom stereocenters. The second kappa shape index (κ2) is 10.4. The Labute approximate surface area is 262 Å². The Morgan fingerprint density at radius 2 is 0.778 bits per heavy atom. The molecule has 1 nitrogen and oxygen atoms in total. The predicted octanol–water partition coefficient (Wildman–Crippen LogP) is 12.6. The summed E-state index contributed by atoms with van der Waals surface area (Å²) in [6.07, 6.45) is 0.